The number of thiazole rings is 1. The number of halogens is 3. The second kappa shape index (κ2) is 11.7. The first-order valence-corrected chi connectivity index (χ1v) is 15.2. The summed E-state index contributed by atoms with van der Waals surface area (Å²) in [6.07, 6.45) is -4.68. The number of hydrogen-bond donors (Lipinski definition) is 1. The summed E-state index contributed by atoms with van der Waals surface area (Å²) in [4.78, 5) is 55.0. The van der Waals surface area contributed by atoms with Gasteiger partial charge in [0.1, 0.15) is 23.3 Å². The number of alkyl halides is 3. The molecule has 0 saturated carbocycles. The van der Waals surface area contributed by atoms with Gasteiger partial charge in [-0.1, -0.05) is 41.3 Å². The Bertz CT molecular complexity index is 1850. The Labute approximate surface area is 262 Å². The average Bonchev–Trinajstić information content (AvgIpc) is 3.47. The highest BCUT2D eigenvalue weighted by molar-refractivity contribution is 8.00. The van der Waals surface area contributed by atoms with E-state index in [1.807, 2.05) is 0 Å². The van der Waals surface area contributed by atoms with Crippen LogP contribution in [0.2, 0.25) is 0 Å². The van der Waals surface area contributed by atoms with Gasteiger partial charge in [-0.15, -0.1) is 0 Å². The number of hydrogen-bond acceptors (Lipinski definition) is 8. The van der Waals surface area contributed by atoms with E-state index in [-0.39, 0.29) is 12.2 Å². The molecule has 14 heteroatoms. The monoisotopic (exact) mass is 655 g/mol. The van der Waals surface area contributed by atoms with Crippen LogP contribution in [0.15, 0.2) is 82.6 Å². The maximum Gasteiger partial charge on any atom is 0.416 e. The molecule has 6 rings (SSSR count). The van der Waals surface area contributed by atoms with Crippen molar-refractivity contribution in [2.45, 2.75) is 28.9 Å². The third kappa shape index (κ3) is 5.59. The molecule has 3 atom stereocenters. The molecule has 1 N–H and O–H groups in total. The lowest BCUT2D eigenvalue weighted by Gasteiger charge is -2.30. The summed E-state index contributed by atoms with van der Waals surface area (Å²) in [6, 6.07) is 17.5. The Morgan fingerprint density at radius 3 is 2.18 bits per heavy atom. The summed E-state index contributed by atoms with van der Waals surface area (Å²) in [7, 11) is 3.01. The Hall–Kier alpha value is -4.56. The molecule has 3 amide bonds. The van der Waals surface area contributed by atoms with Crippen LogP contribution in [0.25, 0.3) is 0 Å². The van der Waals surface area contributed by atoms with Crippen LogP contribution in [0, 0.1) is 5.92 Å². The number of rotatable bonds is 7. The van der Waals surface area contributed by atoms with Crippen molar-refractivity contribution in [2.24, 2.45) is 5.92 Å². The zero-order chi connectivity index (χ0) is 32.0. The van der Waals surface area contributed by atoms with Crippen LogP contribution in [-0.4, -0.2) is 41.8 Å². The smallest absolute Gasteiger partial charge is 0.416 e. The number of methoxy groups -OCH3 is 2. The first-order valence-electron chi connectivity index (χ1n) is 13.5. The molecule has 232 valence electrons. The maximum absolute atomic E-state index is 14.0. The van der Waals surface area contributed by atoms with Crippen molar-refractivity contribution in [2.75, 3.05) is 24.4 Å². The molecule has 0 radical (unpaired) electrons. The normalized spacial score (nSPS) is 19.2. The predicted octanol–water partition coefficient (Wildman–Crippen LogP) is 5.38. The first kappa shape index (κ1) is 30.5. The van der Waals surface area contributed by atoms with Gasteiger partial charge >= 0.3 is 11.0 Å². The molecule has 3 heterocycles. The number of carbonyl (C=O) groups excluding carboxylic acids is 3. The molecule has 2 aliphatic rings. The maximum atomic E-state index is 14.0. The van der Waals surface area contributed by atoms with Gasteiger partial charge in [0, 0.05) is 16.5 Å². The van der Waals surface area contributed by atoms with Gasteiger partial charge in [-0.3, -0.25) is 23.7 Å². The highest BCUT2D eigenvalue weighted by Crippen LogP contribution is 2.54. The van der Waals surface area contributed by atoms with E-state index in [9.17, 15) is 32.3 Å². The number of thioether (sulfide) groups is 1. The molecule has 4 aromatic rings. The minimum atomic E-state index is -4.68. The van der Waals surface area contributed by atoms with E-state index in [1.165, 1.54) is 24.9 Å². The molecule has 9 nitrogen and oxygen atoms in total. The molecule has 2 aliphatic heterocycles. The lowest BCUT2D eigenvalue weighted by atomic mass is 9.83. The van der Waals surface area contributed by atoms with Crippen LogP contribution in [0.1, 0.15) is 21.9 Å². The van der Waals surface area contributed by atoms with Gasteiger partial charge in [-0.2, -0.15) is 13.2 Å². The summed E-state index contributed by atoms with van der Waals surface area (Å²) >= 11 is 1.84. The molecule has 0 spiro atoms. The quantitative estimate of drug-likeness (QED) is 0.267. The SMILES string of the molecule is COc1ccc(NC(=O)Cn2c3c(sc2=O)[C@H](c2ccc(OC)cc2)C2C(=O)N(c4cccc(C(F)(F)F)c4)C(=O)C2S3)cc1. The van der Waals surface area contributed by atoms with Gasteiger partial charge in [-0.05, 0) is 60.2 Å². The largest absolute Gasteiger partial charge is 0.497 e. The molecule has 45 heavy (non-hydrogen) atoms. The summed E-state index contributed by atoms with van der Waals surface area (Å²) in [5.41, 5.74) is -0.0980. The molecular weight excluding hydrogens is 631 g/mol. The molecule has 1 fully saturated rings. The number of amides is 3. The average molecular weight is 656 g/mol. The van der Waals surface area contributed by atoms with Gasteiger partial charge in [0.25, 0.3) is 0 Å². The van der Waals surface area contributed by atoms with Crippen LogP contribution < -0.4 is 24.6 Å². The zero-order valence-electron chi connectivity index (χ0n) is 23.7. The first-order chi connectivity index (χ1) is 21.5. The van der Waals surface area contributed by atoms with Crippen molar-refractivity contribution in [3.05, 3.63) is 98.5 Å². The van der Waals surface area contributed by atoms with E-state index in [1.54, 1.807) is 48.5 Å². The van der Waals surface area contributed by atoms with Gasteiger partial charge in [0.15, 0.2) is 0 Å². The number of imide groups is 1. The van der Waals surface area contributed by atoms with E-state index < -0.39 is 51.4 Å². The number of nitrogens with one attached hydrogen (secondary N) is 1. The van der Waals surface area contributed by atoms with Crippen molar-refractivity contribution in [3.8, 4) is 11.5 Å². The second-order valence-corrected chi connectivity index (χ2v) is 12.4. The molecule has 1 aromatic heterocycles. The van der Waals surface area contributed by atoms with Crippen molar-refractivity contribution < 1.29 is 37.0 Å². The Kier molecular flexibility index (Phi) is 7.95. The molecule has 1 saturated heterocycles. The summed E-state index contributed by atoms with van der Waals surface area (Å²) in [6.45, 7) is -0.365. The number of anilines is 2. The molecule has 0 bridgehead atoms. The number of fused-ring (bicyclic) bond motifs is 2. The lowest BCUT2D eigenvalue weighted by molar-refractivity contribution is -0.137. The highest BCUT2D eigenvalue weighted by Gasteiger charge is 2.57. The fraction of sp³-hybridized carbons (Fsp3) is 0.226. The summed E-state index contributed by atoms with van der Waals surface area (Å²) in [5, 5.41) is 2.03. The number of carbonyl (C=O) groups is 3. The van der Waals surface area contributed by atoms with Crippen LogP contribution in [-0.2, 0) is 27.1 Å². The standard InChI is InChI=1S/C31H24F3N3O6S2/c1-42-20-10-6-16(7-11-20)23-24-25(28(40)37(27(24)39)19-5-3-4-17(14-19)31(32,33)34)44-29-26(23)45-30(41)36(29)15-22(38)35-18-8-12-21(43-2)13-9-18/h3-14,23-25H,15H2,1-2H3,(H,35,38)/t23-,24?,25?/m1/s1. The number of benzene rings is 3. The van der Waals surface area contributed by atoms with E-state index in [0.717, 1.165) is 46.2 Å². The number of aromatic nitrogens is 1. The van der Waals surface area contributed by atoms with Gasteiger partial charge < -0.3 is 14.8 Å². The summed E-state index contributed by atoms with van der Waals surface area (Å²) < 4.78 is 52.2. The van der Waals surface area contributed by atoms with Crippen molar-refractivity contribution in [1.82, 2.24) is 4.57 Å². The fourth-order valence-electron chi connectivity index (χ4n) is 5.52. The van der Waals surface area contributed by atoms with Crippen LogP contribution in [0.3, 0.4) is 0 Å². The Morgan fingerprint density at radius 1 is 0.911 bits per heavy atom. The van der Waals surface area contributed by atoms with Crippen LogP contribution >= 0.6 is 23.1 Å². The Balaban J connectivity index is 1.39. The van der Waals surface area contributed by atoms with E-state index >= 15 is 0 Å². The van der Waals surface area contributed by atoms with Gasteiger partial charge in [0.2, 0.25) is 17.7 Å². The van der Waals surface area contributed by atoms with Crippen molar-refractivity contribution >= 4 is 52.2 Å². The van der Waals surface area contributed by atoms with Gasteiger partial charge in [-0.25, -0.2) is 4.90 Å². The van der Waals surface area contributed by atoms with E-state index in [4.69, 9.17) is 9.47 Å². The third-order valence-corrected chi connectivity index (χ3v) is 10.2. The third-order valence-electron chi connectivity index (χ3n) is 7.63. The van der Waals surface area contributed by atoms with E-state index in [2.05, 4.69) is 5.32 Å². The number of nitrogens with zero attached hydrogens (tertiary/aromatic N) is 2. The Morgan fingerprint density at radius 2 is 1.56 bits per heavy atom. The minimum absolute atomic E-state index is 0.192. The molecule has 3 aromatic carbocycles. The van der Waals surface area contributed by atoms with Crippen molar-refractivity contribution in [3.63, 3.8) is 0 Å². The topological polar surface area (TPSA) is 107 Å². The molecule has 0 aliphatic carbocycles. The van der Waals surface area contributed by atoms with Crippen LogP contribution in [0.4, 0.5) is 24.5 Å². The second-order valence-electron chi connectivity index (χ2n) is 10.3. The van der Waals surface area contributed by atoms with Gasteiger partial charge in [0.05, 0.1) is 36.4 Å². The number of ether oxygens (including phenoxy) is 2. The lowest BCUT2D eigenvalue weighted by Crippen LogP contribution is -2.33. The summed E-state index contributed by atoms with van der Waals surface area (Å²) in [5.74, 6) is -2.53. The van der Waals surface area contributed by atoms with E-state index in [0.29, 0.717) is 32.7 Å². The highest BCUT2D eigenvalue weighted by atomic mass is 32.2. The molecular formula is C31H24F3N3O6S2. The predicted molar refractivity (Wildman–Crippen MR) is 162 cm³/mol. The van der Waals surface area contributed by atoms with Crippen molar-refractivity contribution in [1.29, 1.82) is 0 Å². The molecule has 2 unspecified atom stereocenters. The van der Waals surface area contributed by atoms with Crippen LogP contribution in [0.5, 0.6) is 11.5 Å². The minimum Gasteiger partial charge on any atom is -0.497 e. The zero-order valence-corrected chi connectivity index (χ0v) is 25.3. The fourth-order valence-corrected chi connectivity index (χ4v) is 8.29.